The summed E-state index contributed by atoms with van der Waals surface area (Å²) in [5.74, 6) is -0.431. The highest BCUT2D eigenvalue weighted by atomic mass is 35.5. The Morgan fingerprint density at radius 2 is 2.14 bits per heavy atom. The average molecular weight is 344 g/mol. The summed E-state index contributed by atoms with van der Waals surface area (Å²) in [6.07, 6.45) is 3.68. The molecule has 1 aromatic heterocycles. The Kier molecular flexibility index (Phi) is 4.55. The van der Waals surface area contributed by atoms with Gasteiger partial charge in [0.05, 0.1) is 5.02 Å². The molecule has 1 unspecified atom stereocenters. The van der Waals surface area contributed by atoms with Gasteiger partial charge in [-0.2, -0.15) is 0 Å². The lowest BCUT2D eigenvalue weighted by Gasteiger charge is -2.17. The van der Waals surface area contributed by atoms with Gasteiger partial charge in [-0.25, -0.2) is 4.39 Å². The SMILES string of the molecule is CC(NCc1cc2c(s1)CCC2)c1c(Cl)ccc(F)c1Cl. The fraction of sp³-hybridized carbons (Fsp3) is 0.375. The number of thiophene rings is 1. The van der Waals surface area contributed by atoms with Crippen molar-refractivity contribution >= 4 is 34.5 Å². The molecule has 0 amide bonds. The van der Waals surface area contributed by atoms with E-state index >= 15 is 0 Å². The fourth-order valence-electron chi connectivity index (χ4n) is 2.77. The molecule has 1 atom stereocenters. The van der Waals surface area contributed by atoms with E-state index in [4.69, 9.17) is 23.2 Å². The van der Waals surface area contributed by atoms with Crippen molar-refractivity contribution in [2.75, 3.05) is 0 Å². The van der Waals surface area contributed by atoms with E-state index in [9.17, 15) is 4.39 Å². The summed E-state index contributed by atoms with van der Waals surface area (Å²) in [6.45, 7) is 2.70. The first-order valence-corrected chi connectivity index (χ1v) is 8.60. The third-order valence-corrected chi connectivity index (χ3v) is 5.84. The minimum absolute atomic E-state index is 0.0994. The standard InChI is InChI=1S/C16H16Cl2FNS/c1-9(15-12(17)5-6-13(19)16(15)18)20-8-11-7-10-3-2-4-14(10)21-11/h5-7,9,20H,2-4,8H2,1H3. The van der Waals surface area contributed by atoms with Crippen LogP contribution in [-0.4, -0.2) is 0 Å². The maximum Gasteiger partial charge on any atom is 0.142 e. The van der Waals surface area contributed by atoms with Crippen LogP contribution in [0.5, 0.6) is 0 Å². The first-order valence-electron chi connectivity index (χ1n) is 7.03. The monoisotopic (exact) mass is 343 g/mol. The number of nitrogens with one attached hydrogen (secondary N) is 1. The Morgan fingerprint density at radius 1 is 1.33 bits per heavy atom. The van der Waals surface area contributed by atoms with E-state index in [0.29, 0.717) is 10.6 Å². The van der Waals surface area contributed by atoms with E-state index in [1.165, 1.54) is 40.6 Å². The van der Waals surface area contributed by atoms with Crippen molar-refractivity contribution in [1.29, 1.82) is 0 Å². The summed E-state index contributed by atoms with van der Waals surface area (Å²) in [5.41, 5.74) is 2.12. The second-order valence-corrected chi connectivity index (χ2v) is 7.38. The molecule has 21 heavy (non-hydrogen) atoms. The molecule has 0 saturated carbocycles. The topological polar surface area (TPSA) is 12.0 Å². The van der Waals surface area contributed by atoms with Gasteiger partial charge < -0.3 is 5.32 Å². The summed E-state index contributed by atoms with van der Waals surface area (Å²) in [4.78, 5) is 2.83. The first kappa shape index (κ1) is 15.3. The molecule has 1 aliphatic carbocycles. The van der Waals surface area contributed by atoms with Crippen LogP contribution >= 0.6 is 34.5 Å². The highest BCUT2D eigenvalue weighted by molar-refractivity contribution is 7.12. The molecule has 0 bridgehead atoms. The van der Waals surface area contributed by atoms with Gasteiger partial charge in [0.25, 0.3) is 0 Å². The number of hydrogen-bond donors (Lipinski definition) is 1. The van der Waals surface area contributed by atoms with Gasteiger partial charge in [0, 0.05) is 32.9 Å². The first-order chi connectivity index (χ1) is 10.1. The Hall–Kier alpha value is -0.610. The van der Waals surface area contributed by atoms with Gasteiger partial charge in [0.1, 0.15) is 5.82 Å². The van der Waals surface area contributed by atoms with E-state index in [2.05, 4.69) is 11.4 Å². The van der Waals surface area contributed by atoms with Gasteiger partial charge >= 0.3 is 0 Å². The van der Waals surface area contributed by atoms with Crippen LogP contribution in [0.2, 0.25) is 10.0 Å². The van der Waals surface area contributed by atoms with Crippen molar-refractivity contribution in [3.05, 3.63) is 54.9 Å². The van der Waals surface area contributed by atoms with Crippen molar-refractivity contribution in [2.45, 2.75) is 38.8 Å². The Bertz CT molecular complexity index is 647. The third kappa shape index (κ3) is 3.11. The normalized spacial score (nSPS) is 15.2. The van der Waals surface area contributed by atoms with Crippen molar-refractivity contribution < 1.29 is 4.39 Å². The zero-order chi connectivity index (χ0) is 15.0. The van der Waals surface area contributed by atoms with Crippen LogP contribution in [-0.2, 0) is 19.4 Å². The Labute approximate surface area is 138 Å². The predicted molar refractivity (Wildman–Crippen MR) is 88.0 cm³/mol. The number of halogens is 3. The second-order valence-electron chi connectivity index (χ2n) is 5.37. The number of rotatable bonds is 4. The van der Waals surface area contributed by atoms with Crippen LogP contribution in [0.1, 0.15) is 40.3 Å². The highest BCUT2D eigenvalue weighted by Crippen LogP contribution is 2.34. The molecule has 1 aliphatic rings. The van der Waals surface area contributed by atoms with Gasteiger partial charge in [-0.1, -0.05) is 23.2 Å². The van der Waals surface area contributed by atoms with Crippen molar-refractivity contribution in [3.63, 3.8) is 0 Å². The van der Waals surface area contributed by atoms with Crippen LogP contribution in [0, 0.1) is 5.82 Å². The molecule has 3 rings (SSSR count). The molecule has 1 nitrogen and oxygen atoms in total. The highest BCUT2D eigenvalue weighted by Gasteiger charge is 2.18. The van der Waals surface area contributed by atoms with E-state index in [1.807, 2.05) is 18.3 Å². The number of fused-ring (bicyclic) bond motifs is 1. The Morgan fingerprint density at radius 3 is 2.90 bits per heavy atom. The zero-order valence-corrected chi connectivity index (χ0v) is 14.0. The summed E-state index contributed by atoms with van der Waals surface area (Å²) < 4.78 is 13.6. The molecule has 0 spiro atoms. The van der Waals surface area contributed by atoms with Crippen molar-refractivity contribution in [2.24, 2.45) is 0 Å². The second kappa shape index (κ2) is 6.25. The van der Waals surface area contributed by atoms with Gasteiger partial charge in [-0.3, -0.25) is 0 Å². The van der Waals surface area contributed by atoms with E-state index < -0.39 is 5.82 Å². The van der Waals surface area contributed by atoms with E-state index in [1.54, 1.807) is 6.07 Å². The molecule has 112 valence electrons. The van der Waals surface area contributed by atoms with Crippen LogP contribution in [0.4, 0.5) is 4.39 Å². The molecule has 0 fully saturated rings. The summed E-state index contributed by atoms with van der Waals surface area (Å²) >= 11 is 14.1. The molecule has 0 saturated heterocycles. The lowest BCUT2D eigenvalue weighted by Crippen LogP contribution is -2.18. The van der Waals surface area contributed by atoms with Gasteiger partial charge in [0.2, 0.25) is 0 Å². The van der Waals surface area contributed by atoms with E-state index in [0.717, 1.165) is 6.54 Å². The van der Waals surface area contributed by atoms with Gasteiger partial charge in [-0.15, -0.1) is 11.3 Å². The molecule has 0 radical (unpaired) electrons. The number of benzene rings is 1. The molecule has 5 heteroatoms. The minimum Gasteiger partial charge on any atom is -0.305 e. The maximum atomic E-state index is 13.6. The predicted octanol–water partition coefficient (Wildman–Crippen LogP) is 5.53. The number of aryl methyl sites for hydroxylation is 2. The lowest BCUT2D eigenvalue weighted by atomic mass is 10.1. The van der Waals surface area contributed by atoms with Crippen LogP contribution in [0.25, 0.3) is 0 Å². The molecule has 1 aromatic carbocycles. The van der Waals surface area contributed by atoms with Crippen LogP contribution in [0.3, 0.4) is 0 Å². The minimum atomic E-state index is -0.431. The molecule has 1 heterocycles. The maximum absolute atomic E-state index is 13.6. The summed E-state index contributed by atoms with van der Waals surface area (Å²) in [6, 6.07) is 5.03. The summed E-state index contributed by atoms with van der Waals surface area (Å²) in [5, 5.41) is 3.99. The quantitative estimate of drug-likeness (QED) is 0.719. The Balaban J connectivity index is 1.71. The molecular formula is C16H16Cl2FNS. The smallest absolute Gasteiger partial charge is 0.142 e. The van der Waals surface area contributed by atoms with Crippen LogP contribution < -0.4 is 5.32 Å². The van der Waals surface area contributed by atoms with Crippen molar-refractivity contribution in [1.82, 2.24) is 5.32 Å². The van der Waals surface area contributed by atoms with Gasteiger partial charge in [0.15, 0.2) is 0 Å². The largest absolute Gasteiger partial charge is 0.305 e. The molecular weight excluding hydrogens is 328 g/mol. The average Bonchev–Trinajstić information content (AvgIpc) is 3.02. The zero-order valence-electron chi connectivity index (χ0n) is 11.7. The van der Waals surface area contributed by atoms with E-state index in [-0.39, 0.29) is 11.1 Å². The van der Waals surface area contributed by atoms with Crippen molar-refractivity contribution in [3.8, 4) is 0 Å². The summed E-state index contributed by atoms with van der Waals surface area (Å²) in [7, 11) is 0. The van der Waals surface area contributed by atoms with Gasteiger partial charge in [-0.05, 0) is 49.9 Å². The molecule has 2 aromatic rings. The molecule has 1 N–H and O–H groups in total. The molecule has 0 aliphatic heterocycles. The fourth-order valence-corrected chi connectivity index (χ4v) is 4.68. The number of hydrogen-bond acceptors (Lipinski definition) is 2. The van der Waals surface area contributed by atoms with Crippen LogP contribution in [0.15, 0.2) is 18.2 Å². The third-order valence-electron chi connectivity index (χ3n) is 3.89. The lowest BCUT2D eigenvalue weighted by molar-refractivity contribution is 0.569.